The average Bonchev–Trinajstić information content (AvgIpc) is 2.18. The lowest BCUT2D eigenvalue weighted by molar-refractivity contribution is -0.139. The number of hydrogen-bond donors (Lipinski definition) is 0. The highest BCUT2D eigenvalue weighted by Crippen LogP contribution is 2.24. The highest BCUT2D eigenvalue weighted by molar-refractivity contribution is 6.32. The van der Waals surface area contributed by atoms with Crippen LogP contribution in [0.2, 0.25) is 5.02 Å². The van der Waals surface area contributed by atoms with Crippen LogP contribution in [0.4, 0.5) is 0 Å². The van der Waals surface area contributed by atoms with Crippen LogP contribution in [0.3, 0.4) is 0 Å². The number of methoxy groups -OCH3 is 1. The summed E-state index contributed by atoms with van der Waals surface area (Å²) in [6.07, 6.45) is 0.167. The van der Waals surface area contributed by atoms with Gasteiger partial charge in [-0.1, -0.05) is 36.4 Å². The summed E-state index contributed by atoms with van der Waals surface area (Å²) in [6, 6.07) is 7.27. The zero-order chi connectivity index (χ0) is 10.6. The van der Waals surface area contributed by atoms with Gasteiger partial charge in [0, 0.05) is 5.02 Å². The topological polar surface area (TPSA) is 26.3 Å². The number of ether oxygens (including phenoxy) is 1. The molecule has 0 N–H and O–H groups in total. The lowest BCUT2D eigenvalue weighted by Crippen LogP contribution is -2.00. The van der Waals surface area contributed by atoms with Gasteiger partial charge in [0.15, 0.2) is 0 Å². The molecule has 0 saturated carbocycles. The first-order chi connectivity index (χ1) is 6.65. The van der Waals surface area contributed by atoms with E-state index in [1.54, 1.807) is 6.07 Å². The smallest absolute Gasteiger partial charge is 0.309 e. The number of carbonyl (C=O) groups excluding carboxylic acids is 1. The number of hydrogen-bond acceptors (Lipinski definition) is 2. The third-order valence-electron chi connectivity index (χ3n) is 1.84. The molecule has 0 amide bonds. The SMILES string of the molecule is C=C(CC(=O)OC)c1ccccc1Cl. The Bertz CT molecular complexity index is 358. The molecule has 3 heteroatoms. The van der Waals surface area contributed by atoms with Crippen LogP contribution in [0.5, 0.6) is 0 Å². The fourth-order valence-electron chi connectivity index (χ4n) is 1.09. The van der Waals surface area contributed by atoms with Crippen molar-refractivity contribution in [1.82, 2.24) is 0 Å². The summed E-state index contributed by atoms with van der Waals surface area (Å²) in [6.45, 7) is 3.79. The molecule has 0 fully saturated rings. The summed E-state index contributed by atoms with van der Waals surface area (Å²) in [5.41, 5.74) is 1.46. The van der Waals surface area contributed by atoms with Crippen molar-refractivity contribution in [3.05, 3.63) is 41.4 Å². The van der Waals surface area contributed by atoms with Crippen molar-refractivity contribution in [2.75, 3.05) is 7.11 Å². The Kier molecular flexibility index (Phi) is 3.72. The van der Waals surface area contributed by atoms with Crippen molar-refractivity contribution >= 4 is 23.1 Å². The molecule has 0 radical (unpaired) electrons. The lowest BCUT2D eigenvalue weighted by Gasteiger charge is -2.06. The first-order valence-corrected chi connectivity index (χ1v) is 4.52. The third-order valence-corrected chi connectivity index (χ3v) is 2.17. The molecule has 1 aromatic carbocycles. The van der Waals surface area contributed by atoms with Crippen molar-refractivity contribution in [1.29, 1.82) is 0 Å². The number of esters is 1. The van der Waals surface area contributed by atoms with Crippen molar-refractivity contribution in [3.63, 3.8) is 0 Å². The van der Waals surface area contributed by atoms with E-state index in [2.05, 4.69) is 11.3 Å². The van der Waals surface area contributed by atoms with Gasteiger partial charge in [-0.2, -0.15) is 0 Å². The van der Waals surface area contributed by atoms with Gasteiger partial charge in [0.2, 0.25) is 0 Å². The maximum atomic E-state index is 11.0. The molecule has 0 aromatic heterocycles. The zero-order valence-corrected chi connectivity index (χ0v) is 8.67. The van der Waals surface area contributed by atoms with E-state index in [0.29, 0.717) is 10.6 Å². The molecular weight excluding hydrogens is 200 g/mol. The molecule has 2 nitrogen and oxygen atoms in total. The highest BCUT2D eigenvalue weighted by atomic mass is 35.5. The molecule has 0 spiro atoms. The molecule has 14 heavy (non-hydrogen) atoms. The second-order valence-electron chi connectivity index (χ2n) is 2.84. The molecular formula is C11H11ClO2. The number of rotatable bonds is 3. The number of carbonyl (C=O) groups is 1. The Morgan fingerprint density at radius 1 is 1.50 bits per heavy atom. The largest absolute Gasteiger partial charge is 0.469 e. The van der Waals surface area contributed by atoms with E-state index < -0.39 is 0 Å². The summed E-state index contributed by atoms with van der Waals surface area (Å²) in [7, 11) is 1.35. The summed E-state index contributed by atoms with van der Waals surface area (Å²) < 4.78 is 4.54. The third kappa shape index (κ3) is 2.60. The van der Waals surface area contributed by atoms with Crippen molar-refractivity contribution < 1.29 is 9.53 Å². The zero-order valence-electron chi connectivity index (χ0n) is 7.92. The normalized spacial score (nSPS) is 9.57. The number of halogens is 1. The molecule has 1 aromatic rings. The van der Waals surface area contributed by atoms with Crippen LogP contribution in [0.15, 0.2) is 30.8 Å². The average molecular weight is 211 g/mol. The van der Waals surface area contributed by atoms with Gasteiger partial charge in [-0.3, -0.25) is 4.79 Å². The Morgan fingerprint density at radius 3 is 2.71 bits per heavy atom. The minimum absolute atomic E-state index is 0.167. The maximum Gasteiger partial charge on any atom is 0.309 e. The van der Waals surface area contributed by atoms with Gasteiger partial charge >= 0.3 is 5.97 Å². The van der Waals surface area contributed by atoms with Gasteiger partial charge in [0.05, 0.1) is 13.5 Å². The van der Waals surface area contributed by atoms with E-state index in [-0.39, 0.29) is 12.4 Å². The first kappa shape index (κ1) is 10.8. The predicted molar refractivity (Wildman–Crippen MR) is 57.1 cm³/mol. The monoisotopic (exact) mass is 210 g/mol. The van der Waals surface area contributed by atoms with Gasteiger partial charge < -0.3 is 4.74 Å². The lowest BCUT2D eigenvalue weighted by atomic mass is 10.1. The molecule has 0 unspecified atom stereocenters. The second-order valence-corrected chi connectivity index (χ2v) is 3.24. The van der Waals surface area contributed by atoms with E-state index in [1.807, 2.05) is 18.2 Å². The minimum atomic E-state index is -0.310. The molecule has 0 atom stereocenters. The Balaban J connectivity index is 2.80. The van der Waals surface area contributed by atoms with Crippen LogP contribution in [0.25, 0.3) is 5.57 Å². The van der Waals surface area contributed by atoms with Crippen LogP contribution >= 0.6 is 11.6 Å². The molecule has 0 saturated heterocycles. The summed E-state index contributed by atoms with van der Waals surface area (Å²) >= 11 is 5.93. The minimum Gasteiger partial charge on any atom is -0.469 e. The Morgan fingerprint density at radius 2 is 2.14 bits per heavy atom. The molecule has 1 rings (SSSR count). The quantitative estimate of drug-likeness (QED) is 0.718. The van der Waals surface area contributed by atoms with Crippen LogP contribution in [0.1, 0.15) is 12.0 Å². The van der Waals surface area contributed by atoms with Crippen molar-refractivity contribution in [2.24, 2.45) is 0 Å². The first-order valence-electron chi connectivity index (χ1n) is 4.14. The van der Waals surface area contributed by atoms with Crippen molar-refractivity contribution in [3.8, 4) is 0 Å². The van der Waals surface area contributed by atoms with Gasteiger partial charge in [-0.15, -0.1) is 0 Å². The summed E-state index contributed by atoms with van der Waals surface area (Å²) in [4.78, 5) is 11.0. The molecule has 0 aliphatic carbocycles. The van der Waals surface area contributed by atoms with E-state index >= 15 is 0 Å². The van der Waals surface area contributed by atoms with Gasteiger partial charge in [-0.25, -0.2) is 0 Å². The highest BCUT2D eigenvalue weighted by Gasteiger charge is 2.08. The molecule has 74 valence electrons. The maximum absolute atomic E-state index is 11.0. The van der Waals surface area contributed by atoms with Crippen LogP contribution in [-0.2, 0) is 9.53 Å². The fraction of sp³-hybridized carbons (Fsp3) is 0.182. The van der Waals surface area contributed by atoms with E-state index in [4.69, 9.17) is 11.6 Å². The second kappa shape index (κ2) is 4.82. The molecule has 0 aliphatic rings. The van der Waals surface area contributed by atoms with Crippen LogP contribution in [0, 0.1) is 0 Å². The van der Waals surface area contributed by atoms with Gasteiger partial charge in [0.25, 0.3) is 0 Å². The molecule has 0 aliphatic heterocycles. The van der Waals surface area contributed by atoms with Crippen molar-refractivity contribution in [2.45, 2.75) is 6.42 Å². The van der Waals surface area contributed by atoms with E-state index in [1.165, 1.54) is 7.11 Å². The van der Waals surface area contributed by atoms with Crippen LogP contribution < -0.4 is 0 Å². The van der Waals surface area contributed by atoms with E-state index in [0.717, 1.165) is 5.56 Å². The van der Waals surface area contributed by atoms with E-state index in [9.17, 15) is 4.79 Å². The van der Waals surface area contributed by atoms with Gasteiger partial charge in [-0.05, 0) is 17.2 Å². The summed E-state index contributed by atoms with van der Waals surface area (Å²) in [5.74, 6) is -0.310. The fourth-order valence-corrected chi connectivity index (χ4v) is 1.36. The standard InChI is InChI=1S/C11H11ClO2/c1-8(7-11(13)14-2)9-5-3-4-6-10(9)12/h3-6H,1,7H2,2H3. The Labute approximate surface area is 88.1 Å². The predicted octanol–water partition coefficient (Wildman–Crippen LogP) is 2.92. The molecule has 0 bridgehead atoms. The Hall–Kier alpha value is -1.28. The molecule has 0 heterocycles. The summed E-state index contributed by atoms with van der Waals surface area (Å²) in [5, 5.41) is 0.599. The van der Waals surface area contributed by atoms with Crippen LogP contribution in [-0.4, -0.2) is 13.1 Å². The van der Waals surface area contributed by atoms with Gasteiger partial charge in [0.1, 0.15) is 0 Å². The number of benzene rings is 1.